The Balaban J connectivity index is 1.00. The highest BCUT2D eigenvalue weighted by Gasteiger charge is 2.47. The molecule has 0 radical (unpaired) electrons. The summed E-state index contributed by atoms with van der Waals surface area (Å²) in [5.74, 6) is 0. The van der Waals surface area contributed by atoms with Crippen LogP contribution in [0.1, 0.15) is 22.3 Å². The molecule has 1 aliphatic carbocycles. The zero-order valence-corrected chi connectivity index (χ0v) is 39.0. The van der Waals surface area contributed by atoms with Crippen molar-refractivity contribution in [2.75, 3.05) is 4.90 Å². The van der Waals surface area contributed by atoms with Crippen molar-refractivity contribution >= 4 is 60.4 Å². The summed E-state index contributed by atoms with van der Waals surface area (Å²) in [4.78, 5) is 2.34. The van der Waals surface area contributed by atoms with E-state index in [1.165, 1.54) is 87.9 Å². The fourth-order valence-corrected chi connectivity index (χ4v) is 12.0. The third-order valence-corrected chi connectivity index (χ3v) is 15.0. The average Bonchev–Trinajstić information content (AvgIpc) is 3.95. The number of para-hydroxylation sites is 2. The van der Waals surface area contributed by atoms with Gasteiger partial charge in [-0.2, -0.15) is 0 Å². The molecule has 1 heterocycles. The second-order valence-corrected chi connectivity index (χ2v) is 18.8. The van der Waals surface area contributed by atoms with Crippen molar-refractivity contribution in [1.82, 2.24) is 4.57 Å². The molecular formula is C69H46N2. The summed E-state index contributed by atoms with van der Waals surface area (Å²) in [5, 5.41) is 7.50. The van der Waals surface area contributed by atoms with Crippen LogP contribution < -0.4 is 4.90 Å². The highest BCUT2D eigenvalue weighted by atomic mass is 15.1. The van der Waals surface area contributed by atoms with Crippen LogP contribution in [0.25, 0.3) is 82.4 Å². The first-order valence-electron chi connectivity index (χ1n) is 24.6. The molecule has 0 N–H and O–H groups in total. The molecular weight excluding hydrogens is 857 g/mol. The van der Waals surface area contributed by atoms with E-state index < -0.39 is 5.41 Å². The zero-order valence-electron chi connectivity index (χ0n) is 39.0. The lowest BCUT2D eigenvalue weighted by Gasteiger charge is -2.34. The molecule has 0 atom stereocenters. The Morgan fingerprint density at radius 3 is 1.54 bits per heavy atom. The second kappa shape index (κ2) is 16.5. The Hall–Kier alpha value is -9.24. The third-order valence-electron chi connectivity index (χ3n) is 15.0. The molecule has 0 fully saturated rings. The van der Waals surface area contributed by atoms with Crippen LogP contribution >= 0.6 is 0 Å². The molecule has 0 unspecified atom stereocenters. The molecule has 13 aromatic rings. The van der Waals surface area contributed by atoms with Gasteiger partial charge >= 0.3 is 0 Å². The summed E-state index contributed by atoms with van der Waals surface area (Å²) in [6.45, 7) is 0. The van der Waals surface area contributed by atoms with E-state index in [9.17, 15) is 0 Å². The average molecular weight is 903 g/mol. The Morgan fingerprint density at radius 2 is 0.859 bits per heavy atom. The maximum atomic E-state index is 2.53. The van der Waals surface area contributed by atoms with Crippen LogP contribution in [0, 0.1) is 0 Å². The summed E-state index contributed by atoms with van der Waals surface area (Å²) < 4.78 is 2.53. The predicted octanol–water partition coefficient (Wildman–Crippen LogP) is 18.3. The SMILES string of the molecule is c1ccc(N(c2ccccc2)c2cccc(-c3ccccc3-c3ccc4c5c6ccccc6ccc5n(-c5ccc6c(c5)C(c5ccccc5)(c5ccccc5)c5ccc7ccccc7c5-6)c4c3)c2)cc1. The second-order valence-electron chi connectivity index (χ2n) is 18.8. The van der Waals surface area contributed by atoms with Gasteiger partial charge in [0.1, 0.15) is 0 Å². The molecule has 14 rings (SSSR count). The summed E-state index contributed by atoms with van der Waals surface area (Å²) in [6, 6.07) is 103. The quantitative estimate of drug-likeness (QED) is 0.147. The summed E-state index contributed by atoms with van der Waals surface area (Å²) in [5.41, 5.74) is 18.6. The van der Waals surface area contributed by atoms with Crippen LogP contribution in [0.5, 0.6) is 0 Å². The zero-order chi connectivity index (χ0) is 46.9. The molecule has 0 aliphatic heterocycles. The van der Waals surface area contributed by atoms with Crippen molar-refractivity contribution in [2.24, 2.45) is 0 Å². The van der Waals surface area contributed by atoms with Gasteiger partial charge in [0.2, 0.25) is 0 Å². The maximum Gasteiger partial charge on any atom is 0.0714 e. The van der Waals surface area contributed by atoms with Crippen molar-refractivity contribution < 1.29 is 0 Å². The third kappa shape index (κ3) is 6.35. The maximum absolute atomic E-state index is 2.53. The van der Waals surface area contributed by atoms with Crippen LogP contribution in [-0.2, 0) is 5.41 Å². The molecule has 0 bridgehead atoms. The molecule has 0 amide bonds. The highest BCUT2D eigenvalue weighted by Crippen LogP contribution is 2.58. The Labute approximate surface area is 413 Å². The summed E-state index contributed by atoms with van der Waals surface area (Å²) in [7, 11) is 0. The van der Waals surface area contributed by atoms with Gasteiger partial charge in [0, 0.05) is 33.5 Å². The molecule has 2 heteroatoms. The topological polar surface area (TPSA) is 8.17 Å². The molecule has 0 spiro atoms. The van der Waals surface area contributed by atoms with Gasteiger partial charge in [-0.25, -0.2) is 0 Å². The first-order chi connectivity index (χ1) is 35.2. The van der Waals surface area contributed by atoms with Gasteiger partial charge in [0.25, 0.3) is 0 Å². The van der Waals surface area contributed by atoms with Crippen LogP contribution in [0.3, 0.4) is 0 Å². The predicted molar refractivity (Wildman–Crippen MR) is 299 cm³/mol. The standard InChI is InChI=1S/C69H46N2/c1-5-23-51(24-6-1)69(52-25-7-2-8-26-52)63-42-37-47-20-13-15-34-59(47)67(63)61-41-39-56(46-64(61)69)71-65-43-38-48-21-14-16-35-60(48)68(65)62-40-36-50(45-66(62)71)58-33-18-17-32-57(58)49-22-19-31-55(44-49)70(53-27-9-3-10-28-53)54-29-11-4-12-30-54/h1-46H. The Morgan fingerprint density at radius 1 is 0.310 bits per heavy atom. The van der Waals surface area contributed by atoms with Gasteiger partial charge in [-0.3, -0.25) is 0 Å². The van der Waals surface area contributed by atoms with E-state index in [2.05, 4.69) is 289 Å². The molecule has 0 saturated carbocycles. The Kier molecular flexibility index (Phi) is 9.47. The smallest absolute Gasteiger partial charge is 0.0714 e. The fourth-order valence-electron chi connectivity index (χ4n) is 12.0. The molecule has 12 aromatic carbocycles. The van der Waals surface area contributed by atoms with E-state index in [1.54, 1.807) is 0 Å². The number of fused-ring (bicyclic) bond motifs is 10. The fraction of sp³-hybridized carbons (Fsp3) is 0.0145. The number of anilines is 3. The molecule has 1 aromatic heterocycles. The number of nitrogens with zero attached hydrogens (tertiary/aromatic N) is 2. The highest BCUT2D eigenvalue weighted by molar-refractivity contribution is 6.22. The van der Waals surface area contributed by atoms with Crippen LogP contribution in [0.2, 0.25) is 0 Å². The minimum Gasteiger partial charge on any atom is -0.310 e. The van der Waals surface area contributed by atoms with Gasteiger partial charge in [-0.15, -0.1) is 0 Å². The van der Waals surface area contributed by atoms with E-state index in [-0.39, 0.29) is 0 Å². The van der Waals surface area contributed by atoms with E-state index in [1.807, 2.05) is 0 Å². The van der Waals surface area contributed by atoms with Gasteiger partial charge in [-0.05, 0) is 138 Å². The van der Waals surface area contributed by atoms with E-state index >= 15 is 0 Å². The lowest BCUT2D eigenvalue weighted by atomic mass is 9.67. The van der Waals surface area contributed by atoms with Crippen molar-refractivity contribution in [2.45, 2.75) is 5.41 Å². The van der Waals surface area contributed by atoms with Gasteiger partial charge in [-0.1, -0.05) is 218 Å². The first kappa shape index (κ1) is 40.8. The van der Waals surface area contributed by atoms with Gasteiger partial charge in [0.15, 0.2) is 0 Å². The van der Waals surface area contributed by atoms with Crippen molar-refractivity contribution in [3.63, 3.8) is 0 Å². The number of hydrogen-bond acceptors (Lipinski definition) is 1. The number of rotatable bonds is 8. The van der Waals surface area contributed by atoms with E-state index in [4.69, 9.17) is 0 Å². The lowest BCUT2D eigenvalue weighted by Crippen LogP contribution is -2.28. The molecule has 1 aliphatic rings. The minimum atomic E-state index is -0.562. The number of hydrogen-bond donors (Lipinski definition) is 0. The summed E-state index contributed by atoms with van der Waals surface area (Å²) >= 11 is 0. The monoisotopic (exact) mass is 902 g/mol. The number of benzene rings is 12. The normalized spacial score (nSPS) is 12.6. The van der Waals surface area contributed by atoms with Crippen molar-refractivity contribution in [1.29, 1.82) is 0 Å². The lowest BCUT2D eigenvalue weighted by molar-refractivity contribution is 0.768. The largest absolute Gasteiger partial charge is 0.310 e. The van der Waals surface area contributed by atoms with E-state index in [0.717, 1.165) is 33.9 Å². The Bertz CT molecular complexity index is 4080. The van der Waals surface area contributed by atoms with Gasteiger partial charge in [0.05, 0.1) is 16.4 Å². The van der Waals surface area contributed by atoms with Crippen molar-refractivity contribution in [3.05, 3.63) is 301 Å². The van der Waals surface area contributed by atoms with Crippen LogP contribution in [0.4, 0.5) is 17.1 Å². The first-order valence-corrected chi connectivity index (χ1v) is 24.6. The van der Waals surface area contributed by atoms with Gasteiger partial charge < -0.3 is 9.47 Å². The molecule has 2 nitrogen and oxygen atoms in total. The van der Waals surface area contributed by atoms with E-state index in [0.29, 0.717) is 0 Å². The van der Waals surface area contributed by atoms with Crippen molar-refractivity contribution in [3.8, 4) is 39.1 Å². The van der Waals surface area contributed by atoms with Crippen LogP contribution in [-0.4, -0.2) is 4.57 Å². The number of aromatic nitrogens is 1. The molecule has 71 heavy (non-hydrogen) atoms. The molecule has 332 valence electrons. The minimum absolute atomic E-state index is 0.562. The molecule has 0 saturated heterocycles. The van der Waals surface area contributed by atoms with Crippen LogP contribution in [0.15, 0.2) is 279 Å². The summed E-state index contributed by atoms with van der Waals surface area (Å²) in [6.07, 6.45) is 0.